The second kappa shape index (κ2) is 5.03. The van der Waals surface area contributed by atoms with Gasteiger partial charge in [-0.2, -0.15) is 4.31 Å². The van der Waals surface area contributed by atoms with Gasteiger partial charge < -0.3 is 0 Å². The summed E-state index contributed by atoms with van der Waals surface area (Å²) in [5.41, 5.74) is 0. The van der Waals surface area contributed by atoms with Crippen LogP contribution in [0.4, 0.5) is 0 Å². The van der Waals surface area contributed by atoms with Crippen molar-refractivity contribution in [2.24, 2.45) is 17.8 Å². The van der Waals surface area contributed by atoms with Crippen LogP contribution in [-0.2, 0) is 19.9 Å². The van der Waals surface area contributed by atoms with E-state index in [-0.39, 0.29) is 15.8 Å². The van der Waals surface area contributed by atoms with E-state index < -0.39 is 19.9 Å². The van der Waals surface area contributed by atoms with E-state index in [1.54, 1.807) is 4.31 Å². The van der Waals surface area contributed by atoms with Crippen LogP contribution in [0.25, 0.3) is 0 Å². The molecular weight excluding hydrogens is 402 g/mol. The van der Waals surface area contributed by atoms with Crippen molar-refractivity contribution < 1.29 is 16.8 Å². The summed E-state index contributed by atoms with van der Waals surface area (Å²) in [5, 5.41) is 0. The Balaban J connectivity index is 1.73. The lowest BCUT2D eigenvalue weighted by molar-refractivity contribution is 0.0506. The third-order valence-electron chi connectivity index (χ3n) is 5.68. The third-order valence-corrected chi connectivity index (χ3v) is 9.65. The first-order valence-electron chi connectivity index (χ1n) is 7.71. The van der Waals surface area contributed by atoms with Crippen LogP contribution in [0.2, 0.25) is 0 Å². The number of sulfonamides is 1. The average Bonchev–Trinajstić information content (AvgIpc) is 2.93. The van der Waals surface area contributed by atoms with Gasteiger partial charge in [0.05, 0.1) is 9.79 Å². The maximum Gasteiger partial charge on any atom is 0.244 e. The number of hydrogen-bond donors (Lipinski definition) is 0. The van der Waals surface area contributed by atoms with Crippen LogP contribution in [0, 0.1) is 17.8 Å². The lowest BCUT2D eigenvalue weighted by Gasteiger charge is -2.49. The van der Waals surface area contributed by atoms with Gasteiger partial charge in [0, 0.05) is 23.3 Å². The highest BCUT2D eigenvalue weighted by Gasteiger charge is 2.59. The fraction of sp³-hybridized carbons (Fsp3) is 0.600. The van der Waals surface area contributed by atoms with Gasteiger partial charge in [-0.3, -0.25) is 0 Å². The van der Waals surface area contributed by atoms with Crippen LogP contribution in [0.15, 0.2) is 32.5 Å². The molecule has 3 aliphatic rings. The van der Waals surface area contributed by atoms with Crippen molar-refractivity contribution in [1.29, 1.82) is 0 Å². The number of fused-ring (bicyclic) bond motifs is 5. The lowest BCUT2D eigenvalue weighted by atomic mass is 9.79. The molecule has 1 saturated heterocycles. The highest BCUT2D eigenvalue weighted by Crippen LogP contribution is 2.57. The van der Waals surface area contributed by atoms with Gasteiger partial charge in [0.1, 0.15) is 0 Å². The monoisotopic (exact) mass is 419 g/mol. The normalized spacial score (nSPS) is 33.5. The van der Waals surface area contributed by atoms with E-state index in [1.807, 2.05) is 0 Å². The number of hydrogen-bond acceptors (Lipinski definition) is 4. The molecule has 1 aliphatic heterocycles. The van der Waals surface area contributed by atoms with Gasteiger partial charge in [-0.05, 0) is 71.1 Å². The minimum absolute atomic E-state index is 0.0318. The molecule has 1 aromatic carbocycles. The summed E-state index contributed by atoms with van der Waals surface area (Å²) in [5.74, 6) is 1.66. The molecule has 4 rings (SSSR count). The molecule has 126 valence electrons. The summed E-state index contributed by atoms with van der Waals surface area (Å²) in [6, 6.07) is 4.32. The van der Waals surface area contributed by atoms with Crippen LogP contribution in [0.1, 0.15) is 19.3 Å². The first-order valence-corrected chi connectivity index (χ1v) is 11.8. The molecule has 3 fully saturated rings. The molecule has 0 N–H and O–H groups in total. The fourth-order valence-corrected chi connectivity index (χ4v) is 8.02. The summed E-state index contributed by atoms with van der Waals surface area (Å²) < 4.78 is 51.6. The zero-order valence-electron chi connectivity index (χ0n) is 12.6. The molecule has 0 amide bonds. The van der Waals surface area contributed by atoms with E-state index in [2.05, 4.69) is 15.9 Å². The number of nitrogens with zero attached hydrogens (tertiary/aromatic N) is 1. The molecule has 0 aromatic heterocycles. The zero-order valence-corrected chi connectivity index (χ0v) is 15.9. The molecule has 1 heterocycles. The second-order valence-corrected chi connectivity index (χ2v) is 11.7. The summed E-state index contributed by atoms with van der Waals surface area (Å²) >= 11 is 3.27. The van der Waals surface area contributed by atoms with Gasteiger partial charge in [-0.25, -0.2) is 16.8 Å². The highest BCUT2D eigenvalue weighted by atomic mass is 79.9. The smallest absolute Gasteiger partial charge is 0.224 e. The van der Waals surface area contributed by atoms with E-state index in [1.165, 1.54) is 24.6 Å². The van der Waals surface area contributed by atoms with Gasteiger partial charge in [0.15, 0.2) is 9.84 Å². The zero-order chi connectivity index (χ0) is 16.6. The SMILES string of the molecule is CS(=O)(=O)c1ccc(Br)c(S(=O)(=O)N2CC3C4CCC(C4)C32)c1. The first-order chi connectivity index (χ1) is 10.7. The van der Waals surface area contributed by atoms with Crippen LogP contribution < -0.4 is 0 Å². The van der Waals surface area contributed by atoms with Gasteiger partial charge >= 0.3 is 0 Å². The molecule has 1 aromatic rings. The molecule has 2 bridgehead atoms. The van der Waals surface area contributed by atoms with E-state index in [0.717, 1.165) is 19.1 Å². The number of sulfone groups is 1. The van der Waals surface area contributed by atoms with E-state index in [9.17, 15) is 16.8 Å². The highest BCUT2D eigenvalue weighted by molar-refractivity contribution is 9.10. The Bertz CT molecular complexity index is 879. The first kappa shape index (κ1) is 16.1. The van der Waals surface area contributed by atoms with Crippen molar-refractivity contribution in [1.82, 2.24) is 4.31 Å². The maximum atomic E-state index is 13.0. The van der Waals surface area contributed by atoms with Gasteiger partial charge in [0.2, 0.25) is 10.0 Å². The number of rotatable bonds is 3. The van der Waals surface area contributed by atoms with Crippen molar-refractivity contribution in [3.63, 3.8) is 0 Å². The molecule has 4 atom stereocenters. The van der Waals surface area contributed by atoms with Crippen molar-refractivity contribution in [2.45, 2.75) is 35.1 Å². The summed E-state index contributed by atoms with van der Waals surface area (Å²) in [7, 11) is -7.12. The van der Waals surface area contributed by atoms with Crippen molar-refractivity contribution >= 4 is 35.8 Å². The molecule has 5 nitrogen and oxygen atoms in total. The van der Waals surface area contributed by atoms with Gasteiger partial charge in [-0.15, -0.1) is 0 Å². The molecular formula is C15H18BrNO4S2. The quantitative estimate of drug-likeness (QED) is 0.752. The third kappa shape index (κ3) is 2.33. The molecule has 2 saturated carbocycles. The van der Waals surface area contributed by atoms with Crippen molar-refractivity contribution in [3.8, 4) is 0 Å². The standard InChI is InChI=1S/C15H18BrNO4S2/c1-22(18,19)11-4-5-13(16)14(7-11)23(20,21)17-8-12-9-2-3-10(6-9)15(12)17/h4-5,7,9-10,12,15H,2-3,6,8H2,1H3. The Morgan fingerprint density at radius 3 is 2.48 bits per heavy atom. The average molecular weight is 420 g/mol. The summed E-state index contributed by atoms with van der Waals surface area (Å²) in [6.07, 6.45) is 4.57. The maximum absolute atomic E-state index is 13.0. The lowest BCUT2D eigenvalue weighted by Crippen LogP contribution is -2.60. The van der Waals surface area contributed by atoms with E-state index in [4.69, 9.17) is 0 Å². The molecule has 23 heavy (non-hydrogen) atoms. The molecule has 2 aliphatic carbocycles. The minimum Gasteiger partial charge on any atom is -0.224 e. The van der Waals surface area contributed by atoms with Crippen LogP contribution in [-0.4, -0.2) is 40.0 Å². The van der Waals surface area contributed by atoms with Crippen LogP contribution in [0.5, 0.6) is 0 Å². The summed E-state index contributed by atoms with van der Waals surface area (Å²) in [6.45, 7) is 0.573. The predicted octanol–water partition coefficient (Wildman–Crippen LogP) is 2.27. The fourth-order valence-electron chi connectivity index (χ4n) is 4.57. The Kier molecular flexibility index (Phi) is 3.51. The molecule has 4 unspecified atom stereocenters. The largest absolute Gasteiger partial charge is 0.244 e. The minimum atomic E-state index is -3.67. The number of benzene rings is 1. The van der Waals surface area contributed by atoms with Crippen LogP contribution in [0.3, 0.4) is 0 Å². The van der Waals surface area contributed by atoms with E-state index in [0.29, 0.717) is 28.8 Å². The second-order valence-electron chi connectivity index (χ2n) is 6.93. The Morgan fingerprint density at radius 2 is 1.83 bits per heavy atom. The number of halogens is 1. The Morgan fingerprint density at radius 1 is 1.13 bits per heavy atom. The van der Waals surface area contributed by atoms with Crippen molar-refractivity contribution in [2.75, 3.05) is 12.8 Å². The predicted molar refractivity (Wildman–Crippen MR) is 89.3 cm³/mol. The van der Waals surface area contributed by atoms with Gasteiger partial charge in [0.25, 0.3) is 0 Å². The summed E-state index contributed by atoms with van der Waals surface area (Å²) in [4.78, 5) is 0.0888. The van der Waals surface area contributed by atoms with Gasteiger partial charge in [-0.1, -0.05) is 0 Å². The molecule has 8 heteroatoms. The molecule has 0 spiro atoms. The van der Waals surface area contributed by atoms with Crippen LogP contribution >= 0.6 is 15.9 Å². The Hall–Kier alpha value is -0.440. The topological polar surface area (TPSA) is 71.5 Å². The Labute approximate surface area is 145 Å². The van der Waals surface area contributed by atoms with E-state index >= 15 is 0 Å². The van der Waals surface area contributed by atoms with Crippen molar-refractivity contribution in [3.05, 3.63) is 22.7 Å². The molecule has 0 radical (unpaired) electrons.